The summed E-state index contributed by atoms with van der Waals surface area (Å²) in [6.07, 6.45) is 0.251. The maximum Gasteiger partial charge on any atom is 0.158 e. The molecule has 1 aliphatic heterocycles. The largest absolute Gasteiger partial charge is 0.411 e. The smallest absolute Gasteiger partial charge is 0.158 e. The zero-order valence-electron chi connectivity index (χ0n) is 11.8. The van der Waals surface area contributed by atoms with Crippen molar-refractivity contribution in [1.82, 2.24) is 4.98 Å². The molecule has 1 unspecified atom stereocenters. The van der Waals surface area contributed by atoms with Gasteiger partial charge in [-0.3, -0.25) is 4.98 Å². The number of pyridine rings is 1. The van der Waals surface area contributed by atoms with E-state index in [2.05, 4.69) is 28.9 Å². The number of aromatic nitrogens is 1. The molecule has 2 heterocycles. The summed E-state index contributed by atoms with van der Waals surface area (Å²) in [5, 5.41) is 0.940. The first kappa shape index (κ1) is 13.1. The first-order valence-corrected chi connectivity index (χ1v) is 6.82. The number of nitrogens with zero attached hydrogens (tertiary/aromatic N) is 2. The minimum atomic E-state index is 0.251. The number of nitrogens with two attached hydrogens (primary N) is 1. The summed E-state index contributed by atoms with van der Waals surface area (Å²) in [5.74, 6) is 6.04. The van der Waals surface area contributed by atoms with E-state index in [0.29, 0.717) is 5.75 Å². The van der Waals surface area contributed by atoms with E-state index in [0.717, 1.165) is 42.0 Å². The van der Waals surface area contributed by atoms with Crippen molar-refractivity contribution >= 4 is 16.6 Å². The first-order valence-electron chi connectivity index (χ1n) is 6.82. The lowest BCUT2D eigenvalue weighted by molar-refractivity contribution is 0.0532. The van der Waals surface area contributed by atoms with E-state index >= 15 is 0 Å². The number of morpholine rings is 1. The van der Waals surface area contributed by atoms with Crippen LogP contribution in [-0.4, -0.2) is 30.8 Å². The molecule has 1 aromatic carbocycles. The third kappa shape index (κ3) is 2.42. The Morgan fingerprint density at radius 3 is 3.00 bits per heavy atom. The first-order chi connectivity index (χ1) is 9.67. The zero-order chi connectivity index (χ0) is 14.1. The Morgan fingerprint density at radius 2 is 2.25 bits per heavy atom. The predicted octanol–water partition coefficient (Wildman–Crippen LogP) is 2.02. The van der Waals surface area contributed by atoms with Gasteiger partial charge in [-0.25, -0.2) is 0 Å². The average Bonchev–Trinajstić information content (AvgIpc) is 2.46. The van der Waals surface area contributed by atoms with Gasteiger partial charge >= 0.3 is 0 Å². The van der Waals surface area contributed by atoms with Gasteiger partial charge in [-0.2, -0.15) is 5.90 Å². The van der Waals surface area contributed by atoms with Gasteiger partial charge in [0.15, 0.2) is 5.75 Å². The maximum absolute atomic E-state index is 5.58. The van der Waals surface area contributed by atoms with Crippen LogP contribution in [0.5, 0.6) is 5.75 Å². The van der Waals surface area contributed by atoms with Crippen molar-refractivity contribution in [1.29, 1.82) is 0 Å². The number of hydrogen-bond acceptors (Lipinski definition) is 5. The number of aryl methyl sites for hydroxylation is 1. The van der Waals surface area contributed by atoms with Crippen molar-refractivity contribution < 1.29 is 9.57 Å². The van der Waals surface area contributed by atoms with E-state index in [9.17, 15) is 0 Å². The van der Waals surface area contributed by atoms with Crippen molar-refractivity contribution in [3.05, 3.63) is 30.0 Å². The fraction of sp³-hybridized carbons (Fsp3) is 0.400. The molecule has 2 aromatic rings. The van der Waals surface area contributed by atoms with Crippen LogP contribution in [0.15, 0.2) is 24.3 Å². The topological polar surface area (TPSA) is 60.6 Å². The van der Waals surface area contributed by atoms with Crippen molar-refractivity contribution in [3.63, 3.8) is 0 Å². The molecule has 0 saturated carbocycles. The molecule has 20 heavy (non-hydrogen) atoms. The van der Waals surface area contributed by atoms with Crippen LogP contribution in [0.25, 0.3) is 10.9 Å². The second-order valence-electron chi connectivity index (χ2n) is 5.21. The van der Waals surface area contributed by atoms with Crippen LogP contribution >= 0.6 is 0 Å². The Kier molecular flexibility index (Phi) is 3.46. The summed E-state index contributed by atoms with van der Waals surface area (Å²) in [5.41, 5.74) is 2.94. The molecule has 0 aliphatic carbocycles. The third-order valence-electron chi connectivity index (χ3n) is 3.62. The van der Waals surface area contributed by atoms with Crippen LogP contribution in [0.1, 0.15) is 12.6 Å². The molecule has 1 aromatic heterocycles. The summed E-state index contributed by atoms with van der Waals surface area (Å²) in [4.78, 5) is 11.8. The van der Waals surface area contributed by atoms with Gasteiger partial charge in [0.1, 0.15) is 0 Å². The molecule has 0 bridgehead atoms. The molecule has 1 atom stereocenters. The van der Waals surface area contributed by atoms with E-state index < -0.39 is 0 Å². The Balaban J connectivity index is 2.03. The highest BCUT2D eigenvalue weighted by molar-refractivity contribution is 5.88. The summed E-state index contributed by atoms with van der Waals surface area (Å²) in [6.45, 7) is 6.56. The highest BCUT2D eigenvalue weighted by atomic mass is 16.6. The van der Waals surface area contributed by atoms with Gasteiger partial charge in [0.05, 0.1) is 18.2 Å². The number of anilines is 1. The fourth-order valence-corrected chi connectivity index (χ4v) is 2.66. The van der Waals surface area contributed by atoms with Gasteiger partial charge < -0.3 is 14.5 Å². The van der Waals surface area contributed by atoms with Crippen LogP contribution in [-0.2, 0) is 4.74 Å². The van der Waals surface area contributed by atoms with Crippen LogP contribution in [0.3, 0.4) is 0 Å². The van der Waals surface area contributed by atoms with Crippen LogP contribution < -0.4 is 15.6 Å². The van der Waals surface area contributed by atoms with E-state index in [1.807, 2.05) is 19.1 Å². The Labute approximate surface area is 118 Å². The number of fused-ring (bicyclic) bond motifs is 1. The third-order valence-corrected chi connectivity index (χ3v) is 3.62. The molecule has 0 amide bonds. The Morgan fingerprint density at radius 1 is 1.40 bits per heavy atom. The van der Waals surface area contributed by atoms with Crippen LogP contribution in [0.4, 0.5) is 5.69 Å². The normalized spacial score (nSPS) is 19.4. The molecule has 0 radical (unpaired) electrons. The summed E-state index contributed by atoms with van der Waals surface area (Å²) in [7, 11) is 0. The van der Waals surface area contributed by atoms with Crippen molar-refractivity contribution in [2.75, 3.05) is 24.6 Å². The van der Waals surface area contributed by atoms with Gasteiger partial charge in [0, 0.05) is 35.9 Å². The van der Waals surface area contributed by atoms with Crippen LogP contribution in [0.2, 0.25) is 0 Å². The Hall–Kier alpha value is -1.85. The molecule has 5 nitrogen and oxygen atoms in total. The molecule has 1 aliphatic rings. The van der Waals surface area contributed by atoms with Gasteiger partial charge in [-0.1, -0.05) is 0 Å². The molecule has 106 valence electrons. The van der Waals surface area contributed by atoms with E-state index in [-0.39, 0.29) is 6.10 Å². The number of rotatable bonds is 2. The Bertz CT molecular complexity index is 630. The van der Waals surface area contributed by atoms with Gasteiger partial charge in [0.2, 0.25) is 0 Å². The standard InChI is InChI=1S/C15H19N3O2/c1-10-7-15(20-16)13-8-12(3-4-14(13)17-10)18-5-6-19-11(2)9-18/h3-4,7-8,11H,5-6,9,16H2,1-2H3. The zero-order valence-corrected chi connectivity index (χ0v) is 11.8. The summed E-state index contributed by atoms with van der Waals surface area (Å²) >= 11 is 0. The average molecular weight is 273 g/mol. The number of hydrogen-bond donors (Lipinski definition) is 1. The molecular formula is C15H19N3O2. The SMILES string of the molecule is Cc1cc(ON)c2cc(N3CCOC(C)C3)ccc2n1. The van der Waals surface area contributed by atoms with Gasteiger partial charge in [-0.05, 0) is 32.0 Å². The van der Waals surface area contributed by atoms with E-state index in [4.69, 9.17) is 15.5 Å². The highest BCUT2D eigenvalue weighted by Crippen LogP contribution is 2.29. The highest BCUT2D eigenvalue weighted by Gasteiger charge is 2.18. The van der Waals surface area contributed by atoms with Gasteiger partial charge in [0.25, 0.3) is 0 Å². The van der Waals surface area contributed by atoms with Crippen molar-refractivity contribution in [2.45, 2.75) is 20.0 Å². The fourth-order valence-electron chi connectivity index (χ4n) is 2.66. The number of ether oxygens (including phenoxy) is 1. The van der Waals surface area contributed by atoms with Crippen LogP contribution in [0, 0.1) is 6.92 Å². The summed E-state index contributed by atoms with van der Waals surface area (Å²) < 4.78 is 5.58. The molecular weight excluding hydrogens is 254 g/mol. The minimum Gasteiger partial charge on any atom is -0.411 e. The quantitative estimate of drug-likeness (QED) is 0.848. The predicted molar refractivity (Wildman–Crippen MR) is 78.9 cm³/mol. The molecule has 5 heteroatoms. The lowest BCUT2D eigenvalue weighted by Crippen LogP contribution is -2.41. The second kappa shape index (κ2) is 5.26. The monoisotopic (exact) mass is 273 g/mol. The minimum absolute atomic E-state index is 0.251. The van der Waals surface area contributed by atoms with E-state index in [1.54, 1.807) is 0 Å². The lowest BCUT2D eigenvalue weighted by Gasteiger charge is -2.33. The van der Waals surface area contributed by atoms with E-state index in [1.165, 1.54) is 0 Å². The molecule has 3 rings (SSSR count). The van der Waals surface area contributed by atoms with Crippen molar-refractivity contribution in [3.8, 4) is 5.75 Å². The molecule has 0 spiro atoms. The molecule has 1 saturated heterocycles. The summed E-state index contributed by atoms with van der Waals surface area (Å²) in [6, 6.07) is 8.05. The molecule has 2 N–H and O–H groups in total. The lowest BCUT2D eigenvalue weighted by atomic mass is 10.1. The number of benzene rings is 1. The molecule has 1 fully saturated rings. The maximum atomic E-state index is 5.58. The second-order valence-corrected chi connectivity index (χ2v) is 5.21. The van der Waals surface area contributed by atoms with Crippen molar-refractivity contribution in [2.24, 2.45) is 5.90 Å². The van der Waals surface area contributed by atoms with Gasteiger partial charge in [-0.15, -0.1) is 0 Å².